The van der Waals surface area contributed by atoms with Crippen LogP contribution in [0.1, 0.15) is 26.7 Å². The van der Waals surface area contributed by atoms with Gasteiger partial charge in [-0.15, -0.1) is 0 Å². The topological polar surface area (TPSA) is 75.2 Å². The Bertz CT molecular complexity index is 388. The predicted octanol–water partition coefficient (Wildman–Crippen LogP) is 1.06. The zero-order valence-corrected chi connectivity index (χ0v) is 10.7. The Hall–Kier alpha value is -1.98. The fourth-order valence-corrected chi connectivity index (χ4v) is 1.52. The van der Waals surface area contributed by atoms with Gasteiger partial charge >= 0.3 is 11.8 Å². The zero-order chi connectivity index (χ0) is 13.4. The maximum Gasteiger partial charge on any atom is 0.316 e. The molecule has 0 unspecified atom stereocenters. The average Bonchev–Trinajstić information content (AvgIpc) is 2.39. The van der Waals surface area contributed by atoms with Gasteiger partial charge in [-0.3, -0.25) is 14.9 Å². The highest BCUT2D eigenvalue weighted by Gasteiger charge is 2.21. The minimum atomic E-state index is -0.692. The molecule has 2 amide bonds. The Kier molecular flexibility index (Phi) is 5.76. The Morgan fingerprint density at radius 2 is 1.72 bits per heavy atom. The summed E-state index contributed by atoms with van der Waals surface area (Å²) >= 11 is 0. The van der Waals surface area contributed by atoms with Gasteiger partial charge in [-0.2, -0.15) is 0 Å². The Morgan fingerprint density at radius 3 is 2.22 bits per heavy atom. The lowest BCUT2D eigenvalue weighted by Gasteiger charge is -2.20. The van der Waals surface area contributed by atoms with Crippen LogP contribution >= 0.6 is 0 Å². The van der Waals surface area contributed by atoms with Crippen LogP contribution in [-0.4, -0.2) is 39.8 Å². The van der Waals surface area contributed by atoms with Crippen molar-refractivity contribution in [2.75, 3.05) is 18.4 Å². The van der Waals surface area contributed by atoms with Crippen LogP contribution in [0.4, 0.5) is 5.95 Å². The van der Waals surface area contributed by atoms with Crippen LogP contribution in [-0.2, 0) is 9.59 Å². The van der Waals surface area contributed by atoms with Crippen LogP contribution in [0.15, 0.2) is 18.5 Å². The van der Waals surface area contributed by atoms with Gasteiger partial charge in [-0.05, 0) is 18.9 Å². The van der Waals surface area contributed by atoms with E-state index in [0.29, 0.717) is 13.1 Å². The first-order valence-corrected chi connectivity index (χ1v) is 6.06. The van der Waals surface area contributed by atoms with E-state index in [9.17, 15) is 9.59 Å². The molecule has 1 heterocycles. The lowest BCUT2D eigenvalue weighted by Crippen LogP contribution is -2.40. The summed E-state index contributed by atoms with van der Waals surface area (Å²) in [4.78, 5) is 32.8. The van der Waals surface area contributed by atoms with E-state index in [0.717, 1.165) is 12.8 Å². The molecule has 6 heteroatoms. The maximum atomic E-state index is 11.9. The molecule has 1 aromatic heterocycles. The highest BCUT2D eigenvalue weighted by molar-refractivity contribution is 6.39. The standard InChI is InChI=1S/C12H18N4O2/c1-3-8-16(9-4-2)11(18)10(17)15-12-13-6-5-7-14-12/h5-7H,3-4,8-9H2,1-2H3,(H,13,14,15,17). The van der Waals surface area contributed by atoms with Crippen LogP contribution in [0.2, 0.25) is 0 Å². The van der Waals surface area contributed by atoms with Crippen molar-refractivity contribution in [2.45, 2.75) is 26.7 Å². The molecule has 0 aliphatic carbocycles. The van der Waals surface area contributed by atoms with Gasteiger partial charge in [0.2, 0.25) is 5.95 Å². The monoisotopic (exact) mass is 250 g/mol. The second-order valence-electron chi connectivity index (χ2n) is 3.82. The number of carbonyl (C=O) groups excluding carboxylic acids is 2. The molecule has 6 nitrogen and oxygen atoms in total. The van der Waals surface area contributed by atoms with Gasteiger partial charge < -0.3 is 4.90 Å². The molecule has 0 fully saturated rings. The Balaban J connectivity index is 2.62. The van der Waals surface area contributed by atoms with E-state index in [2.05, 4.69) is 15.3 Å². The Labute approximate surface area is 106 Å². The summed E-state index contributed by atoms with van der Waals surface area (Å²) in [6.45, 7) is 5.09. The van der Waals surface area contributed by atoms with E-state index < -0.39 is 11.8 Å². The molecule has 1 aromatic rings. The van der Waals surface area contributed by atoms with E-state index in [1.54, 1.807) is 6.07 Å². The molecule has 0 saturated heterocycles. The van der Waals surface area contributed by atoms with Crippen molar-refractivity contribution in [3.63, 3.8) is 0 Å². The molecule has 0 aromatic carbocycles. The third-order valence-corrected chi connectivity index (χ3v) is 2.26. The summed E-state index contributed by atoms with van der Waals surface area (Å²) in [6.07, 6.45) is 4.65. The first-order valence-electron chi connectivity index (χ1n) is 6.06. The van der Waals surface area contributed by atoms with E-state index in [1.807, 2.05) is 13.8 Å². The van der Waals surface area contributed by atoms with Gasteiger partial charge in [0.1, 0.15) is 0 Å². The number of hydrogen-bond acceptors (Lipinski definition) is 4. The fourth-order valence-electron chi connectivity index (χ4n) is 1.52. The molecule has 0 saturated carbocycles. The largest absolute Gasteiger partial charge is 0.334 e. The van der Waals surface area contributed by atoms with Crippen molar-refractivity contribution in [3.8, 4) is 0 Å². The van der Waals surface area contributed by atoms with E-state index >= 15 is 0 Å². The second-order valence-corrected chi connectivity index (χ2v) is 3.82. The highest BCUT2D eigenvalue weighted by atomic mass is 16.2. The number of anilines is 1. The second kappa shape index (κ2) is 7.37. The summed E-state index contributed by atoms with van der Waals surface area (Å²) in [5, 5.41) is 2.39. The lowest BCUT2D eigenvalue weighted by molar-refractivity contribution is -0.143. The Morgan fingerprint density at radius 1 is 1.17 bits per heavy atom. The quantitative estimate of drug-likeness (QED) is 0.793. The minimum Gasteiger partial charge on any atom is -0.334 e. The number of aromatic nitrogens is 2. The van der Waals surface area contributed by atoms with E-state index in [-0.39, 0.29) is 5.95 Å². The lowest BCUT2D eigenvalue weighted by atomic mass is 10.3. The van der Waals surface area contributed by atoms with Crippen molar-refractivity contribution in [2.24, 2.45) is 0 Å². The summed E-state index contributed by atoms with van der Waals surface area (Å²) in [7, 11) is 0. The number of amides is 2. The van der Waals surface area contributed by atoms with Gasteiger partial charge in [-0.25, -0.2) is 9.97 Å². The maximum absolute atomic E-state index is 11.9. The summed E-state index contributed by atoms with van der Waals surface area (Å²) in [5.41, 5.74) is 0. The number of nitrogens with zero attached hydrogens (tertiary/aromatic N) is 3. The number of nitrogens with one attached hydrogen (secondary N) is 1. The van der Waals surface area contributed by atoms with E-state index in [4.69, 9.17) is 0 Å². The van der Waals surface area contributed by atoms with Crippen LogP contribution < -0.4 is 5.32 Å². The molecule has 0 atom stereocenters. The fraction of sp³-hybridized carbons (Fsp3) is 0.500. The molecule has 0 spiro atoms. The third-order valence-electron chi connectivity index (χ3n) is 2.26. The number of rotatable bonds is 5. The molecule has 0 aliphatic rings. The smallest absolute Gasteiger partial charge is 0.316 e. The molecule has 0 aliphatic heterocycles. The third kappa shape index (κ3) is 4.12. The van der Waals surface area contributed by atoms with Crippen molar-refractivity contribution >= 4 is 17.8 Å². The summed E-state index contributed by atoms with van der Waals surface area (Å²) in [6, 6.07) is 1.64. The molecule has 0 bridgehead atoms. The van der Waals surface area contributed by atoms with E-state index in [1.165, 1.54) is 17.3 Å². The van der Waals surface area contributed by atoms with Gasteiger partial charge in [-0.1, -0.05) is 13.8 Å². The van der Waals surface area contributed by atoms with Crippen LogP contribution in [0.5, 0.6) is 0 Å². The van der Waals surface area contributed by atoms with Crippen molar-refractivity contribution < 1.29 is 9.59 Å². The number of carbonyl (C=O) groups is 2. The molecular weight excluding hydrogens is 232 g/mol. The van der Waals surface area contributed by atoms with Gasteiger partial charge in [0.15, 0.2) is 0 Å². The van der Waals surface area contributed by atoms with Gasteiger partial charge in [0, 0.05) is 25.5 Å². The van der Waals surface area contributed by atoms with Crippen molar-refractivity contribution in [3.05, 3.63) is 18.5 Å². The van der Waals surface area contributed by atoms with Gasteiger partial charge in [0.05, 0.1) is 0 Å². The van der Waals surface area contributed by atoms with Crippen LogP contribution in [0.3, 0.4) is 0 Å². The first-order chi connectivity index (χ1) is 8.69. The SMILES string of the molecule is CCCN(CCC)C(=O)C(=O)Nc1ncccn1. The van der Waals surface area contributed by atoms with Gasteiger partial charge in [0.25, 0.3) is 0 Å². The van der Waals surface area contributed by atoms with Crippen molar-refractivity contribution in [1.29, 1.82) is 0 Å². The minimum absolute atomic E-state index is 0.142. The first kappa shape index (κ1) is 14.1. The summed E-state index contributed by atoms with van der Waals surface area (Å²) in [5.74, 6) is -1.09. The molecule has 18 heavy (non-hydrogen) atoms. The van der Waals surface area contributed by atoms with Crippen molar-refractivity contribution in [1.82, 2.24) is 14.9 Å². The predicted molar refractivity (Wildman–Crippen MR) is 67.8 cm³/mol. The highest BCUT2D eigenvalue weighted by Crippen LogP contribution is 1.99. The normalized spacial score (nSPS) is 9.89. The summed E-state index contributed by atoms with van der Waals surface area (Å²) < 4.78 is 0. The molecule has 1 N–H and O–H groups in total. The molecule has 1 rings (SSSR count). The molecule has 0 radical (unpaired) electrons. The zero-order valence-electron chi connectivity index (χ0n) is 10.7. The van der Waals surface area contributed by atoms with Crippen LogP contribution in [0, 0.1) is 0 Å². The average molecular weight is 250 g/mol. The number of hydrogen-bond donors (Lipinski definition) is 1. The molecular formula is C12H18N4O2. The molecule has 98 valence electrons. The van der Waals surface area contributed by atoms with Crippen LogP contribution in [0.25, 0.3) is 0 Å².